The zero-order valence-electron chi connectivity index (χ0n) is 11.3. The Bertz CT molecular complexity index is 578. The standard InChI is InChI=1S/C14H17N3OS/c1-9(2)13-16-17-14(19-13)15-12(18)8-11-7-5-4-6-10(11)3/h4-7,9H,8H2,1-3H3,(H,15,17,18). The number of aryl methyl sites for hydroxylation is 1. The van der Waals surface area contributed by atoms with Crippen molar-refractivity contribution in [3.63, 3.8) is 0 Å². The Kier molecular flexibility index (Phi) is 4.27. The number of rotatable bonds is 4. The third kappa shape index (κ3) is 3.61. The van der Waals surface area contributed by atoms with Crippen LogP contribution in [0.2, 0.25) is 0 Å². The highest BCUT2D eigenvalue weighted by molar-refractivity contribution is 7.15. The molecule has 0 saturated carbocycles. The summed E-state index contributed by atoms with van der Waals surface area (Å²) in [4.78, 5) is 11.9. The van der Waals surface area contributed by atoms with Crippen molar-refractivity contribution in [1.82, 2.24) is 10.2 Å². The van der Waals surface area contributed by atoms with Gasteiger partial charge in [-0.1, -0.05) is 49.4 Å². The van der Waals surface area contributed by atoms with E-state index in [-0.39, 0.29) is 5.91 Å². The van der Waals surface area contributed by atoms with Gasteiger partial charge in [0.1, 0.15) is 5.01 Å². The maximum Gasteiger partial charge on any atom is 0.230 e. The van der Waals surface area contributed by atoms with Gasteiger partial charge in [0.25, 0.3) is 0 Å². The van der Waals surface area contributed by atoms with Crippen molar-refractivity contribution in [2.45, 2.75) is 33.1 Å². The Labute approximate surface area is 116 Å². The molecule has 0 fully saturated rings. The van der Waals surface area contributed by atoms with Crippen molar-refractivity contribution < 1.29 is 4.79 Å². The highest BCUT2D eigenvalue weighted by Crippen LogP contribution is 2.22. The van der Waals surface area contributed by atoms with Crippen LogP contribution in [0, 0.1) is 6.92 Å². The van der Waals surface area contributed by atoms with Crippen LogP contribution < -0.4 is 5.32 Å². The largest absolute Gasteiger partial charge is 0.300 e. The van der Waals surface area contributed by atoms with E-state index in [9.17, 15) is 4.79 Å². The number of carbonyl (C=O) groups is 1. The number of amides is 1. The third-order valence-corrected chi connectivity index (χ3v) is 3.93. The van der Waals surface area contributed by atoms with E-state index in [4.69, 9.17) is 0 Å². The Morgan fingerprint density at radius 1 is 1.32 bits per heavy atom. The van der Waals surface area contributed by atoms with E-state index in [1.54, 1.807) is 0 Å². The summed E-state index contributed by atoms with van der Waals surface area (Å²) in [5.74, 6) is 0.278. The first kappa shape index (κ1) is 13.7. The molecule has 0 aliphatic heterocycles. The number of hydrogen-bond acceptors (Lipinski definition) is 4. The predicted octanol–water partition coefficient (Wildman–Crippen LogP) is 3.15. The van der Waals surface area contributed by atoms with E-state index < -0.39 is 0 Å². The zero-order valence-corrected chi connectivity index (χ0v) is 12.1. The molecule has 100 valence electrons. The smallest absolute Gasteiger partial charge is 0.230 e. The van der Waals surface area contributed by atoms with E-state index in [1.165, 1.54) is 11.3 Å². The van der Waals surface area contributed by atoms with E-state index in [0.717, 1.165) is 16.1 Å². The highest BCUT2D eigenvalue weighted by Gasteiger charge is 2.11. The lowest BCUT2D eigenvalue weighted by Crippen LogP contribution is -2.14. The second-order valence-corrected chi connectivity index (χ2v) is 5.76. The van der Waals surface area contributed by atoms with E-state index in [2.05, 4.69) is 29.4 Å². The van der Waals surface area contributed by atoms with Gasteiger partial charge in [-0.15, -0.1) is 10.2 Å². The highest BCUT2D eigenvalue weighted by atomic mass is 32.1. The van der Waals surface area contributed by atoms with Gasteiger partial charge in [-0.2, -0.15) is 0 Å². The maximum atomic E-state index is 11.9. The SMILES string of the molecule is Cc1ccccc1CC(=O)Nc1nnc(C(C)C)s1. The van der Waals surface area contributed by atoms with Crippen molar-refractivity contribution >= 4 is 22.4 Å². The summed E-state index contributed by atoms with van der Waals surface area (Å²) in [7, 11) is 0. The summed E-state index contributed by atoms with van der Waals surface area (Å²) in [6, 6.07) is 7.88. The van der Waals surface area contributed by atoms with Crippen LogP contribution in [0.25, 0.3) is 0 Å². The average molecular weight is 275 g/mol. The zero-order chi connectivity index (χ0) is 13.8. The van der Waals surface area contributed by atoms with Crippen LogP contribution in [0.1, 0.15) is 35.9 Å². The first-order valence-corrected chi connectivity index (χ1v) is 7.05. The molecule has 1 amide bonds. The first-order valence-electron chi connectivity index (χ1n) is 6.24. The number of carbonyl (C=O) groups excluding carboxylic acids is 1. The fourth-order valence-corrected chi connectivity index (χ4v) is 2.43. The van der Waals surface area contributed by atoms with Gasteiger partial charge in [-0.3, -0.25) is 4.79 Å². The fourth-order valence-electron chi connectivity index (χ4n) is 1.66. The number of hydrogen-bond donors (Lipinski definition) is 1. The average Bonchev–Trinajstić information content (AvgIpc) is 2.80. The van der Waals surface area contributed by atoms with Crippen LogP contribution in [0.5, 0.6) is 0 Å². The number of aromatic nitrogens is 2. The molecule has 0 spiro atoms. The first-order chi connectivity index (χ1) is 9.06. The number of anilines is 1. The summed E-state index contributed by atoms with van der Waals surface area (Å²) in [5.41, 5.74) is 2.16. The molecular formula is C14H17N3OS. The van der Waals surface area contributed by atoms with Crippen LogP contribution in [0.3, 0.4) is 0 Å². The molecule has 0 unspecified atom stereocenters. The molecule has 19 heavy (non-hydrogen) atoms. The molecule has 1 aromatic heterocycles. The minimum Gasteiger partial charge on any atom is -0.300 e. The molecule has 4 nitrogen and oxygen atoms in total. The van der Waals surface area contributed by atoms with Gasteiger partial charge < -0.3 is 5.32 Å². The van der Waals surface area contributed by atoms with E-state index >= 15 is 0 Å². The topological polar surface area (TPSA) is 54.9 Å². The van der Waals surface area contributed by atoms with Gasteiger partial charge in [-0.25, -0.2) is 0 Å². The molecule has 0 radical (unpaired) electrons. The van der Waals surface area contributed by atoms with Gasteiger partial charge in [-0.05, 0) is 18.1 Å². The fraction of sp³-hybridized carbons (Fsp3) is 0.357. The van der Waals surface area contributed by atoms with Crippen LogP contribution >= 0.6 is 11.3 Å². The van der Waals surface area contributed by atoms with Gasteiger partial charge >= 0.3 is 0 Å². The quantitative estimate of drug-likeness (QED) is 0.932. The summed E-state index contributed by atoms with van der Waals surface area (Å²) >= 11 is 1.43. The Morgan fingerprint density at radius 2 is 2.05 bits per heavy atom. The van der Waals surface area contributed by atoms with Gasteiger partial charge in [0.15, 0.2) is 0 Å². The van der Waals surface area contributed by atoms with Crippen molar-refractivity contribution in [2.75, 3.05) is 5.32 Å². The lowest BCUT2D eigenvalue weighted by Gasteiger charge is -2.04. The lowest BCUT2D eigenvalue weighted by atomic mass is 10.1. The molecule has 0 atom stereocenters. The third-order valence-electron chi connectivity index (χ3n) is 2.79. The Balaban J connectivity index is 1.99. The number of benzene rings is 1. The Morgan fingerprint density at radius 3 is 2.68 bits per heavy atom. The van der Waals surface area contributed by atoms with Crippen molar-refractivity contribution in [3.8, 4) is 0 Å². The molecule has 0 bridgehead atoms. The molecule has 0 aliphatic rings. The molecule has 5 heteroatoms. The summed E-state index contributed by atoms with van der Waals surface area (Å²) < 4.78 is 0. The van der Waals surface area contributed by atoms with Crippen molar-refractivity contribution in [2.24, 2.45) is 0 Å². The number of nitrogens with one attached hydrogen (secondary N) is 1. The molecule has 2 rings (SSSR count). The van der Waals surface area contributed by atoms with Gasteiger partial charge in [0.2, 0.25) is 11.0 Å². The lowest BCUT2D eigenvalue weighted by molar-refractivity contribution is -0.115. The molecule has 2 aromatic rings. The van der Waals surface area contributed by atoms with Crippen molar-refractivity contribution in [3.05, 3.63) is 40.4 Å². The summed E-state index contributed by atoms with van der Waals surface area (Å²) in [6.07, 6.45) is 0.364. The molecule has 0 saturated heterocycles. The van der Waals surface area contributed by atoms with E-state index in [0.29, 0.717) is 17.5 Å². The molecule has 1 N–H and O–H groups in total. The second kappa shape index (κ2) is 5.93. The van der Waals surface area contributed by atoms with Gasteiger partial charge in [0.05, 0.1) is 6.42 Å². The minimum atomic E-state index is -0.0549. The normalized spacial score (nSPS) is 10.7. The molecule has 0 aliphatic carbocycles. The summed E-state index contributed by atoms with van der Waals surface area (Å²) in [6.45, 7) is 6.11. The van der Waals surface area contributed by atoms with E-state index in [1.807, 2.05) is 31.2 Å². The van der Waals surface area contributed by atoms with Crippen LogP contribution in [-0.4, -0.2) is 16.1 Å². The van der Waals surface area contributed by atoms with Crippen LogP contribution in [-0.2, 0) is 11.2 Å². The Hall–Kier alpha value is -1.75. The van der Waals surface area contributed by atoms with Gasteiger partial charge in [0, 0.05) is 5.92 Å². The number of nitrogens with zero attached hydrogens (tertiary/aromatic N) is 2. The van der Waals surface area contributed by atoms with Crippen LogP contribution in [0.15, 0.2) is 24.3 Å². The minimum absolute atomic E-state index is 0.0549. The van der Waals surface area contributed by atoms with Crippen molar-refractivity contribution in [1.29, 1.82) is 0 Å². The van der Waals surface area contributed by atoms with Crippen LogP contribution in [0.4, 0.5) is 5.13 Å². The second-order valence-electron chi connectivity index (χ2n) is 4.75. The maximum absolute atomic E-state index is 11.9. The molecule has 1 heterocycles. The molecular weight excluding hydrogens is 258 g/mol. The monoisotopic (exact) mass is 275 g/mol. The molecule has 1 aromatic carbocycles. The summed E-state index contributed by atoms with van der Waals surface area (Å²) in [5, 5.41) is 12.3. The predicted molar refractivity (Wildman–Crippen MR) is 77.5 cm³/mol.